The smallest absolute Gasteiger partial charge is 0.292 e. The van der Waals surface area contributed by atoms with E-state index >= 15 is 0 Å². The first-order valence-corrected chi connectivity index (χ1v) is 14.9. The van der Waals surface area contributed by atoms with E-state index in [1.807, 2.05) is 35.2 Å². The molecule has 230 valence electrons. The second-order valence-electron chi connectivity index (χ2n) is 11.6. The summed E-state index contributed by atoms with van der Waals surface area (Å²) in [6, 6.07) is 9.82. The number of amides is 1. The lowest BCUT2D eigenvalue weighted by atomic mass is 9.85. The number of aromatic nitrogens is 7. The van der Waals surface area contributed by atoms with Crippen LogP contribution in [0.15, 0.2) is 49.1 Å². The molecule has 3 N–H and O–H groups in total. The van der Waals surface area contributed by atoms with Crippen LogP contribution in [-0.2, 0) is 11.3 Å². The van der Waals surface area contributed by atoms with Gasteiger partial charge in [0.25, 0.3) is 5.91 Å². The molecule has 2 saturated heterocycles. The van der Waals surface area contributed by atoms with Crippen molar-refractivity contribution >= 4 is 23.2 Å². The Hall–Kier alpha value is -5.17. The predicted molar refractivity (Wildman–Crippen MR) is 165 cm³/mol. The molecule has 7 rings (SSSR count). The number of ether oxygens (including phenoxy) is 2. The number of pyridine rings is 1. The van der Waals surface area contributed by atoms with E-state index in [9.17, 15) is 9.59 Å². The van der Waals surface area contributed by atoms with Crippen LogP contribution in [0.3, 0.4) is 0 Å². The lowest BCUT2D eigenvalue weighted by molar-refractivity contribution is 0.0556. The molecule has 2 fully saturated rings. The number of nitrogen functional groups attached to an aromatic ring is 1. The molecular weight excluding hydrogens is 574 g/mol. The Morgan fingerprint density at radius 2 is 1.84 bits per heavy atom. The zero-order valence-electron chi connectivity index (χ0n) is 25.2. The topological polar surface area (TPSA) is 167 Å². The summed E-state index contributed by atoms with van der Waals surface area (Å²) in [5, 5.41) is 12.2. The van der Waals surface area contributed by atoms with Gasteiger partial charge in [0.2, 0.25) is 5.82 Å². The Morgan fingerprint density at radius 3 is 2.49 bits per heavy atom. The van der Waals surface area contributed by atoms with Crippen molar-refractivity contribution in [3.05, 3.63) is 71.7 Å². The zero-order chi connectivity index (χ0) is 31.2. The summed E-state index contributed by atoms with van der Waals surface area (Å²) in [4.78, 5) is 40.7. The molecule has 3 atom stereocenters. The molecule has 2 aliphatic rings. The number of benzene rings is 1. The highest BCUT2D eigenvalue weighted by Gasteiger charge is 2.45. The summed E-state index contributed by atoms with van der Waals surface area (Å²) >= 11 is 0. The number of aromatic amines is 1. The first kappa shape index (κ1) is 28.6. The Morgan fingerprint density at radius 1 is 1.07 bits per heavy atom. The largest absolute Gasteiger partial charge is 0.496 e. The number of methoxy groups -OCH3 is 2. The van der Waals surface area contributed by atoms with Crippen LogP contribution in [0.2, 0.25) is 0 Å². The minimum absolute atomic E-state index is 0.00824. The maximum absolute atomic E-state index is 13.2. The van der Waals surface area contributed by atoms with Gasteiger partial charge in [0, 0.05) is 53.6 Å². The molecule has 0 saturated carbocycles. The van der Waals surface area contributed by atoms with Gasteiger partial charge in [-0.3, -0.25) is 14.6 Å². The number of nitrogens with two attached hydrogens (primary N) is 1. The van der Waals surface area contributed by atoms with Crippen molar-refractivity contribution in [3.8, 4) is 28.1 Å². The molecule has 2 aliphatic heterocycles. The van der Waals surface area contributed by atoms with Gasteiger partial charge in [-0.15, -0.1) is 10.2 Å². The summed E-state index contributed by atoms with van der Waals surface area (Å²) < 4.78 is 12.3. The average molecular weight is 608 g/mol. The first-order valence-electron chi connectivity index (χ1n) is 14.9. The molecular formula is C32H33N9O4. The van der Waals surface area contributed by atoms with Gasteiger partial charge in [-0.1, -0.05) is 6.07 Å². The van der Waals surface area contributed by atoms with Gasteiger partial charge in [0.15, 0.2) is 11.4 Å². The second kappa shape index (κ2) is 11.4. The maximum atomic E-state index is 13.2. The van der Waals surface area contributed by atoms with Gasteiger partial charge < -0.3 is 25.1 Å². The number of anilines is 1. The van der Waals surface area contributed by atoms with E-state index in [4.69, 9.17) is 25.2 Å². The summed E-state index contributed by atoms with van der Waals surface area (Å²) in [6.45, 7) is 1.93. The number of Topliss-reactive ketones (excluding diaryl/α,β-unsaturated/α-hetero) is 1. The van der Waals surface area contributed by atoms with Crippen LogP contribution in [0.25, 0.3) is 28.0 Å². The molecule has 1 amide bonds. The van der Waals surface area contributed by atoms with E-state index < -0.39 is 0 Å². The van der Waals surface area contributed by atoms with Crippen LogP contribution in [0, 0.1) is 0 Å². The number of rotatable bonds is 8. The Bertz CT molecular complexity index is 1890. The fraction of sp³-hybridized carbons (Fsp3) is 0.344. The fourth-order valence-electron chi connectivity index (χ4n) is 6.99. The molecule has 6 heterocycles. The maximum Gasteiger partial charge on any atom is 0.292 e. The third-order valence-corrected chi connectivity index (χ3v) is 8.99. The van der Waals surface area contributed by atoms with Crippen molar-refractivity contribution < 1.29 is 19.1 Å². The van der Waals surface area contributed by atoms with Crippen molar-refractivity contribution in [2.45, 2.75) is 57.2 Å². The zero-order valence-corrected chi connectivity index (χ0v) is 25.2. The highest BCUT2D eigenvalue weighted by molar-refractivity contribution is 6.00. The molecule has 13 heteroatoms. The Labute approximate surface area is 258 Å². The van der Waals surface area contributed by atoms with Gasteiger partial charge in [0.05, 0.1) is 36.9 Å². The molecule has 0 radical (unpaired) electrons. The van der Waals surface area contributed by atoms with E-state index in [-0.39, 0.29) is 41.3 Å². The number of hydrogen-bond acceptors (Lipinski definition) is 10. The number of nitrogens with one attached hydrogen (secondary N) is 1. The lowest BCUT2D eigenvalue weighted by Crippen LogP contribution is -2.46. The monoisotopic (exact) mass is 607 g/mol. The van der Waals surface area contributed by atoms with E-state index in [1.54, 1.807) is 26.6 Å². The summed E-state index contributed by atoms with van der Waals surface area (Å²) in [7, 11) is 3.28. The van der Waals surface area contributed by atoms with Crippen LogP contribution in [0.1, 0.15) is 70.8 Å². The quantitative estimate of drug-likeness (QED) is 0.246. The Kier molecular flexibility index (Phi) is 7.24. The van der Waals surface area contributed by atoms with E-state index in [0.29, 0.717) is 36.4 Å². The lowest BCUT2D eigenvalue weighted by Gasteiger charge is -2.38. The van der Waals surface area contributed by atoms with Crippen molar-refractivity contribution in [1.29, 1.82) is 0 Å². The second-order valence-corrected chi connectivity index (χ2v) is 11.6. The van der Waals surface area contributed by atoms with Gasteiger partial charge in [-0.2, -0.15) is 9.61 Å². The minimum atomic E-state index is -0.167. The van der Waals surface area contributed by atoms with Gasteiger partial charge in [-0.25, -0.2) is 4.98 Å². The van der Waals surface area contributed by atoms with Crippen LogP contribution in [0.4, 0.5) is 5.82 Å². The molecule has 45 heavy (non-hydrogen) atoms. The standard InChI is InChI=1S/C32H33N9O4/c1-17(42)27-28(20-11-22-6-7-23(12-20)40(22)32(43)30-35-16-36-39-30)38-31-24(14-37-41(31)29(27)33)19-4-8-25(34-13-19)18-5-9-26(45-3)21(10-18)15-44-2/h4-5,8-10,13-14,16,20,22-23H,6-7,11-12,15,33H2,1-3H3,(H,35,36,39)/t20-,22-,23+. The number of carbonyl (C=O) groups is 2. The molecule has 1 aromatic carbocycles. The number of ketones is 1. The molecule has 2 bridgehead atoms. The summed E-state index contributed by atoms with van der Waals surface area (Å²) in [5.74, 6) is 0.894. The SMILES string of the molecule is COCc1cc(-c2ccc(-c3cnn4c(N)c(C(C)=O)c([C@@H]5C[C@H]6CC[C@@H](C5)N6C(=O)c5nnc[nH]5)nc34)cn2)ccc1OC. The highest BCUT2D eigenvalue weighted by Crippen LogP contribution is 2.45. The van der Waals surface area contributed by atoms with Crippen molar-refractivity contribution in [2.24, 2.45) is 0 Å². The van der Waals surface area contributed by atoms with Crippen LogP contribution in [0.5, 0.6) is 5.75 Å². The normalized spacial score (nSPS) is 19.3. The fourth-order valence-corrected chi connectivity index (χ4v) is 6.99. The number of piperidine rings is 1. The molecule has 0 spiro atoms. The average Bonchev–Trinajstić information content (AvgIpc) is 3.79. The highest BCUT2D eigenvalue weighted by atomic mass is 16.5. The molecule has 0 aliphatic carbocycles. The number of fused-ring (bicyclic) bond motifs is 3. The molecule has 13 nitrogen and oxygen atoms in total. The predicted octanol–water partition coefficient (Wildman–Crippen LogP) is 4.07. The minimum Gasteiger partial charge on any atom is -0.496 e. The van der Waals surface area contributed by atoms with Crippen LogP contribution < -0.4 is 10.5 Å². The molecule has 5 aromatic rings. The van der Waals surface area contributed by atoms with Crippen LogP contribution >= 0.6 is 0 Å². The van der Waals surface area contributed by atoms with E-state index in [0.717, 1.165) is 46.5 Å². The number of hydrogen-bond donors (Lipinski definition) is 2. The number of nitrogens with zero attached hydrogens (tertiary/aromatic N) is 7. The van der Waals surface area contributed by atoms with Crippen molar-refractivity contribution in [3.63, 3.8) is 0 Å². The molecule has 0 unspecified atom stereocenters. The van der Waals surface area contributed by atoms with Gasteiger partial charge in [-0.05, 0) is 56.9 Å². The van der Waals surface area contributed by atoms with E-state index in [2.05, 4.69) is 20.3 Å². The van der Waals surface area contributed by atoms with Crippen LogP contribution in [-0.4, -0.2) is 77.7 Å². The van der Waals surface area contributed by atoms with Crippen molar-refractivity contribution in [1.82, 2.24) is 39.7 Å². The number of H-pyrrole nitrogens is 1. The number of carbonyl (C=O) groups excluding carboxylic acids is 2. The molecule has 4 aromatic heterocycles. The third kappa shape index (κ3) is 4.89. The Balaban J connectivity index is 1.23. The summed E-state index contributed by atoms with van der Waals surface area (Å²) in [5.41, 5.74) is 12.5. The van der Waals surface area contributed by atoms with Gasteiger partial charge >= 0.3 is 0 Å². The first-order chi connectivity index (χ1) is 21.9. The van der Waals surface area contributed by atoms with Crippen molar-refractivity contribution in [2.75, 3.05) is 20.0 Å². The van der Waals surface area contributed by atoms with Gasteiger partial charge in [0.1, 0.15) is 17.9 Å². The summed E-state index contributed by atoms with van der Waals surface area (Å²) in [6.07, 6.45) is 8.01. The third-order valence-electron chi connectivity index (χ3n) is 8.99. The van der Waals surface area contributed by atoms with E-state index in [1.165, 1.54) is 17.8 Å².